The Hall–Kier alpha value is -1.98. The normalized spacial score (nSPS) is 12.2. The average molecular weight is 331 g/mol. The van der Waals surface area contributed by atoms with Gasteiger partial charge < -0.3 is 10.4 Å². The molecule has 2 aromatic rings. The molecule has 2 rings (SSSR count). The Labute approximate surface area is 140 Å². The zero-order valence-electron chi connectivity index (χ0n) is 13.3. The SMILES string of the molecule is CC(C)CC(O)CNC(=O)c1ccccc1C(=O)c1cccs1. The van der Waals surface area contributed by atoms with E-state index in [4.69, 9.17) is 0 Å². The highest BCUT2D eigenvalue weighted by Crippen LogP contribution is 2.18. The number of benzene rings is 1. The fourth-order valence-electron chi connectivity index (χ4n) is 2.35. The highest BCUT2D eigenvalue weighted by molar-refractivity contribution is 7.12. The van der Waals surface area contributed by atoms with Crippen LogP contribution >= 0.6 is 11.3 Å². The summed E-state index contributed by atoms with van der Waals surface area (Å²) in [7, 11) is 0. The molecule has 122 valence electrons. The summed E-state index contributed by atoms with van der Waals surface area (Å²) in [5, 5.41) is 14.4. The molecule has 23 heavy (non-hydrogen) atoms. The van der Waals surface area contributed by atoms with E-state index >= 15 is 0 Å². The van der Waals surface area contributed by atoms with E-state index in [1.807, 2.05) is 25.3 Å². The van der Waals surface area contributed by atoms with Gasteiger partial charge in [0.15, 0.2) is 0 Å². The highest BCUT2D eigenvalue weighted by Gasteiger charge is 2.19. The number of hydrogen-bond donors (Lipinski definition) is 2. The van der Waals surface area contributed by atoms with Crippen molar-refractivity contribution in [1.82, 2.24) is 5.32 Å². The van der Waals surface area contributed by atoms with Crippen LogP contribution < -0.4 is 5.32 Å². The molecule has 0 saturated carbocycles. The summed E-state index contributed by atoms with van der Waals surface area (Å²) in [5.74, 6) is -0.142. The number of aliphatic hydroxyl groups is 1. The number of aliphatic hydroxyl groups excluding tert-OH is 1. The van der Waals surface area contributed by atoms with E-state index < -0.39 is 6.10 Å². The van der Waals surface area contributed by atoms with Crippen LogP contribution in [0, 0.1) is 5.92 Å². The predicted molar refractivity (Wildman–Crippen MR) is 92.0 cm³/mol. The first-order chi connectivity index (χ1) is 11.0. The molecular weight excluding hydrogens is 310 g/mol. The molecule has 1 unspecified atom stereocenters. The van der Waals surface area contributed by atoms with E-state index in [-0.39, 0.29) is 18.2 Å². The molecule has 0 aliphatic rings. The lowest BCUT2D eigenvalue weighted by Gasteiger charge is -2.14. The number of carbonyl (C=O) groups excluding carboxylic acids is 2. The van der Waals surface area contributed by atoms with Crippen molar-refractivity contribution in [1.29, 1.82) is 0 Å². The topological polar surface area (TPSA) is 66.4 Å². The maximum absolute atomic E-state index is 12.5. The molecular formula is C18H21NO3S. The Morgan fingerprint density at radius 1 is 1.13 bits per heavy atom. The van der Waals surface area contributed by atoms with Crippen molar-refractivity contribution in [2.24, 2.45) is 5.92 Å². The van der Waals surface area contributed by atoms with Crippen LogP contribution in [0.15, 0.2) is 41.8 Å². The lowest BCUT2D eigenvalue weighted by atomic mass is 10.0. The van der Waals surface area contributed by atoms with Gasteiger partial charge in [-0.3, -0.25) is 9.59 Å². The zero-order chi connectivity index (χ0) is 16.8. The van der Waals surface area contributed by atoms with Gasteiger partial charge in [0.2, 0.25) is 5.78 Å². The van der Waals surface area contributed by atoms with E-state index in [1.165, 1.54) is 11.3 Å². The average Bonchev–Trinajstić information content (AvgIpc) is 3.05. The Morgan fingerprint density at radius 3 is 2.43 bits per heavy atom. The van der Waals surface area contributed by atoms with E-state index in [1.54, 1.807) is 30.3 Å². The van der Waals surface area contributed by atoms with Gasteiger partial charge in [-0.15, -0.1) is 11.3 Å². The summed E-state index contributed by atoms with van der Waals surface area (Å²) in [5.41, 5.74) is 0.716. The monoisotopic (exact) mass is 331 g/mol. The smallest absolute Gasteiger partial charge is 0.252 e. The third kappa shape index (κ3) is 4.74. The van der Waals surface area contributed by atoms with Gasteiger partial charge in [-0.2, -0.15) is 0 Å². The summed E-state index contributed by atoms with van der Waals surface area (Å²) in [4.78, 5) is 25.5. The number of nitrogens with one attached hydrogen (secondary N) is 1. The quantitative estimate of drug-likeness (QED) is 0.766. The minimum atomic E-state index is -0.584. The van der Waals surface area contributed by atoms with Crippen molar-refractivity contribution in [2.45, 2.75) is 26.4 Å². The molecule has 0 radical (unpaired) electrons. The maximum atomic E-state index is 12.5. The van der Waals surface area contributed by atoms with E-state index in [0.29, 0.717) is 28.3 Å². The molecule has 1 heterocycles. The summed E-state index contributed by atoms with van der Waals surface area (Å²) in [6.45, 7) is 4.21. The standard InChI is InChI=1S/C18H21NO3S/c1-12(2)10-13(20)11-19-18(22)15-7-4-3-6-14(15)17(21)16-8-5-9-23-16/h3-9,12-13,20H,10-11H2,1-2H3,(H,19,22). The molecule has 0 fully saturated rings. The number of carbonyl (C=O) groups is 2. The Balaban J connectivity index is 2.11. The van der Waals surface area contributed by atoms with Gasteiger partial charge in [0.1, 0.15) is 0 Å². The lowest BCUT2D eigenvalue weighted by molar-refractivity contribution is 0.0894. The van der Waals surface area contributed by atoms with Crippen LogP contribution in [0.25, 0.3) is 0 Å². The van der Waals surface area contributed by atoms with Crippen LogP contribution in [-0.2, 0) is 0 Å². The van der Waals surface area contributed by atoms with Crippen molar-refractivity contribution in [2.75, 3.05) is 6.54 Å². The minimum absolute atomic E-state index is 0.159. The van der Waals surface area contributed by atoms with Gasteiger partial charge in [0.05, 0.1) is 16.5 Å². The second-order valence-corrected chi connectivity index (χ2v) is 6.79. The minimum Gasteiger partial charge on any atom is -0.391 e. The van der Waals surface area contributed by atoms with Gasteiger partial charge in [-0.25, -0.2) is 0 Å². The molecule has 0 aliphatic carbocycles. The molecule has 1 aromatic heterocycles. The van der Waals surface area contributed by atoms with Gasteiger partial charge in [-0.1, -0.05) is 38.1 Å². The third-order valence-electron chi connectivity index (χ3n) is 3.40. The van der Waals surface area contributed by atoms with Crippen LogP contribution in [-0.4, -0.2) is 29.4 Å². The van der Waals surface area contributed by atoms with E-state index in [9.17, 15) is 14.7 Å². The van der Waals surface area contributed by atoms with Crippen molar-refractivity contribution in [3.8, 4) is 0 Å². The molecule has 0 bridgehead atoms. The number of amides is 1. The van der Waals surface area contributed by atoms with Crippen LogP contribution in [0.3, 0.4) is 0 Å². The van der Waals surface area contributed by atoms with Crippen LogP contribution in [0.1, 0.15) is 45.9 Å². The van der Waals surface area contributed by atoms with Crippen molar-refractivity contribution in [3.63, 3.8) is 0 Å². The van der Waals surface area contributed by atoms with Gasteiger partial charge >= 0.3 is 0 Å². The van der Waals surface area contributed by atoms with Gasteiger partial charge in [-0.05, 0) is 29.9 Å². The Kier molecular flexibility index (Phi) is 6.07. The number of rotatable bonds is 7. The van der Waals surface area contributed by atoms with Gasteiger partial charge in [0.25, 0.3) is 5.91 Å². The molecule has 1 aromatic carbocycles. The first kappa shape index (κ1) is 17.4. The summed E-state index contributed by atoms with van der Waals surface area (Å²) in [6.07, 6.45) is 0.0369. The maximum Gasteiger partial charge on any atom is 0.252 e. The first-order valence-electron chi connectivity index (χ1n) is 7.62. The molecule has 4 nitrogen and oxygen atoms in total. The predicted octanol–water partition coefficient (Wildman–Crippen LogP) is 3.12. The Bertz CT molecular complexity index is 665. The molecule has 1 amide bonds. The third-order valence-corrected chi connectivity index (χ3v) is 4.27. The fraction of sp³-hybridized carbons (Fsp3) is 0.333. The number of hydrogen-bond acceptors (Lipinski definition) is 4. The first-order valence-corrected chi connectivity index (χ1v) is 8.50. The van der Waals surface area contributed by atoms with E-state index in [0.717, 1.165) is 0 Å². The van der Waals surface area contributed by atoms with E-state index in [2.05, 4.69) is 5.32 Å². The molecule has 0 saturated heterocycles. The molecule has 5 heteroatoms. The number of thiophene rings is 1. The molecule has 0 aliphatic heterocycles. The van der Waals surface area contributed by atoms with Gasteiger partial charge in [0, 0.05) is 12.1 Å². The van der Waals surface area contributed by atoms with Crippen molar-refractivity contribution in [3.05, 3.63) is 57.8 Å². The summed E-state index contributed by atoms with van der Waals surface area (Å²) < 4.78 is 0. The van der Waals surface area contributed by atoms with Crippen LogP contribution in [0.5, 0.6) is 0 Å². The molecule has 1 atom stereocenters. The molecule has 2 N–H and O–H groups in total. The fourth-order valence-corrected chi connectivity index (χ4v) is 3.03. The van der Waals surface area contributed by atoms with Crippen LogP contribution in [0.4, 0.5) is 0 Å². The zero-order valence-corrected chi connectivity index (χ0v) is 14.1. The molecule has 0 spiro atoms. The summed E-state index contributed by atoms with van der Waals surface area (Å²) >= 11 is 1.35. The second kappa shape index (κ2) is 8.04. The van der Waals surface area contributed by atoms with Crippen LogP contribution in [0.2, 0.25) is 0 Å². The number of ketones is 1. The second-order valence-electron chi connectivity index (χ2n) is 5.85. The largest absolute Gasteiger partial charge is 0.391 e. The Morgan fingerprint density at radius 2 is 1.83 bits per heavy atom. The summed E-state index contributed by atoms with van der Waals surface area (Å²) in [6, 6.07) is 10.3. The van der Waals surface area contributed by atoms with Crippen molar-refractivity contribution >= 4 is 23.0 Å². The lowest BCUT2D eigenvalue weighted by Crippen LogP contribution is -2.33. The van der Waals surface area contributed by atoms with Crippen molar-refractivity contribution < 1.29 is 14.7 Å². The highest BCUT2D eigenvalue weighted by atomic mass is 32.1.